The molecule has 1 fully saturated rings. The van der Waals surface area contributed by atoms with Crippen molar-refractivity contribution in [1.82, 2.24) is 4.90 Å². The Morgan fingerprint density at radius 1 is 1.47 bits per heavy atom. The molecule has 0 aliphatic carbocycles. The van der Waals surface area contributed by atoms with Gasteiger partial charge in [-0.05, 0) is 19.8 Å². The standard InChI is InChI=1S/C13H23NO4S/c1-8(2)11-14(9(7-19-11)12(16)17)10(15)6-13(3,4)18-5/h8-9,11H,6-7H2,1-5H3,(H,16,17). The van der Waals surface area contributed by atoms with Crippen LogP contribution in [0, 0.1) is 5.92 Å². The van der Waals surface area contributed by atoms with Gasteiger partial charge >= 0.3 is 5.97 Å². The molecule has 6 heteroatoms. The van der Waals surface area contributed by atoms with Crippen molar-refractivity contribution in [2.75, 3.05) is 12.9 Å². The molecule has 1 aliphatic heterocycles. The molecule has 110 valence electrons. The lowest BCUT2D eigenvalue weighted by atomic mass is 10.0. The van der Waals surface area contributed by atoms with Gasteiger partial charge in [0, 0.05) is 12.9 Å². The number of carbonyl (C=O) groups excluding carboxylic acids is 1. The summed E-state index contributed by atoms with van der Waals surface area (Å²) < 4.78 is 5.26. The van der Waals surface area contributed by atoms with Gasteiger partial charge in [-0.3, -0.25) is 4.79 Å². The van der Waals surface area contributed by atoms with Crippen LogP contribution in [0.2, 0.25) is 0 Å². The Balaban J connectivity index is 2.90. The van der Waals surface area contributed by atoms with E-state index >= 15 is 0 Å². The molecule has 2 atom stereocenters. The van der Waals surface area contributed by atoms with Crippen LogP contribution in [-0.2, 0) is 14.3 Å². The highest BCUT2D eigenvalue weighted by Gasteiger charge is 2.43. The summed E-state index contributed by atoms with van der Waals surface area (Å²) in [5, 5.41) is 9.18. The minimum atomic E-state index is -0.931. The highest BCUT2D eigenvalue weighted by atomic mass is 32.2. The Labute approximate surface area is 118 Å². The third-order valence-corrected chi connectivity index (χ3v) is 4.93. The molecule has 0 radical (unpaired) electrons. The zero-order chi connectivity index (χ0) is 14.8. The van der Waals surface area contributed by atoms with Crippen molar-refractivity contribution < 1.29 is 19.4 Å². The van der Waals surface area contributed by atoms with E-state index in [2.05, 4.69) is 0 Å². The van der Waals surface area contributed by atoms with Gasteiger partial charge in [-0.2, -0.15) is 0 Å². The van der Waals surface area contributed by atoms with Crippen LogP contribution >= 0.6 is 11.8 Å². The van der Waals surface area contributed by atoms with Crippen LogP contribution in [0.4, 0.5) is 0 Å². The van der Waals surface area contributed by atoms with Crippen LogP contribution in [0.3, 0.4) is 0 Å². The van der Waals surface area contributed by atoms with Crippen LogP contribution in [0.1, 0.15) is 34.1 Å². The van der Waals surface area contributed by atoms with E-state index in [-0.39, 0.29) is 23.6 Å². The topological polar surface area (TPSA) is 66.8 Å². The lowest BCUT2D eigenvalue weighted by molar-refractivity contribution is -0.151. The number of ether oxygens (including phenoxy) is 1. The molecule has 1 aliphatic rings. The van der Waals surface area contributed by atoms with Crippen LogP contribution in [0.15, 0.2) is 0 Å². The molecule has 2 unspecified atom stereocenters. The van der Waals surface area contributed by atoms with E-state index in [9.17, 15) is 14.7 Å². The molecule has 0 bridgehead atoms. The molecular weight excluding hydrogens is 266 g/mol. The molecular formula is C13H23NO4S. The van der Waals surface area contributed by atoms with Gasteiger partial charge in [0.2, 0.25) is 5.91 Å². The molecule has 1 heterocycles. The first kappa shape index (κ1) is 16.3. The fourth-order valence-corrected chi connectivity index (χ4v) is 3.57. The number of carbonyl (C=O) groups is 2. The minimum absolute atomic E-state index is 0.0683. The van der Waals surface area contributed by atoms with Crippen LogP contribution in [-0.4, -0.2) is 51.8 Å². The van der Waals surface area contributed by atoms with Crippen molar-refractivity contribution in [2.24, 2.45) is 5.92 Å². The first-order valence-electron chi connectivity index (χ1n) is 6.40. The number of aliphatic carboxylic acids is 1. The van der Waals surface area contributed by atoms with Gasteiger partial charge in [0.05, 0.1) is 17.4 Å². The number of nitrogens with zero attached hydrogens (tertiary/aromatic N) is 1. The number of thioether (sulfide) groups is 1. The number of hydrogen-bond acceptors (Lipinski definition) is 4. The van der Waals surface area contributed by atoms with E-state index in [1.54, 1.807) is 18.9 Å². The fraction of sp³-hybridized carbons (Fsp3) is 0.846. The number of methoxy groups -OCH3 is 1. The Morgan fingerprint density at radius 3 is 2.47 bits per heavy atom. The third kappa shape index (κ3) is 3.86. The van der Waals surface area contributed by atoms with Crippen molar-refractivity contribution in [3.05, 3.63) is 0 Å². The lowest BCUT2D eigenvalue weighted by Gasteiger charge is -2.32. The average molecular weight is 289 g/mol. The summed E-state index contributed by atoms with van der Waals surface area (Å²) in [6, 6.07) is -0.724. The predicted molar refractivity (Wildman–Crippen MR) is 75.1 cm³/mol. The number of rotatable bonds is 5. The molecule has 0 saturated carbocycles. The third-order valence-electron chi connectivity index (χ3n) is 3.31. The Kier molecular flexibility index (Phi) is 5.26. The zero-order valence-electron chi connectivity index (χ0n) is 12.2. The summed E-state index contributed by atoms with van der Waals surface area (Å²) in [5.74, 6) is -0.400. The minimum Gasteiger partial charge on any atom is -0.480 e. The molecule has 0 aromatic rings. The van der Waals surface area contributed by atoms with Crippen LogP contribution < -0.4 is 0 Å². The number of amides is 1. The number of carboxylic acid groups (broad SMARTS) is 1. The number of hydrogen-bond donors (Lipinski definition) is 1. The van der Waals surface area contributed by atoms with E-state index in [0.717, 1.165) is 0 Å². The van der Waals surface area contributed by atoms with Gasteiger partial charge in [0.25, 0.3) is 0 Å². The molecule has 0 aromatic heterocycles. The quantitative estimate of drug-likeness (QED) is 0.836. The largest absolute Gasteiger partial charge is 0.480 e. The van der Waals surface area contributed by atoms with Crippen molar-refractivity contribution in [3.63, 3.8) is 0 Å². The van der Waals surface area contributed by atoms with Crippen molar-refractivity contribution in [2.45, 2.75) is 51.1 Å². The maximum Gasteiger partial charge on any atom is 0.327 e. The Bertz CT molecular complexity index is 357. The molecule has 1 amide bonds. The first-order chi connectivity index (χ1) is 8.69. The first-order valence-corrected chi connectivity index (χ1v) is 7.45. The van der Waals surface area contributed by atoms with Crippen molar-refractivity contribution in [1.29, 1.82) is 0 Å². The Morgan fingerprint density at radius 2 is 2.05 bits per heavy atom. The predicted octanol–water partition coefficient (Wildman–Crippen LogP) is 1.81. The van der Waals surface area contributed by atoms with Gasteiger partial charge in [-0.15, -0.1) is 11.8 Å². The lowest BCUT2D eigenvalue weighted by Crippen LogP contribution is -2.49. The zero-order valence-corrected chi connectivity index (χ0v) is 13.0. The summed E-state index contributed by atoms with van der Waals surface area (Å²) in [4.78, 5) is 25.2. The molecule has 1 rings (SSSR count). The second-order valence-electron chi connectivity index (χ2n) is 5.76. The molecule has 1 N–H and O–H groups in total. The second-order valence-corrected chi connectivity index (χ2v) is 6.91. The van der Waals surface area contributed by atoms with Gasteiger partial charge in [-0.25, -0.2) is 4.79 Å². The van der Waals surface area contributed by atoms with E-state index < -0.39 is 17.6 Å². The smallest absolute Gasteiger partial charge is 0.327 e. The van der Waals surface area contributed by atoms with E-state index in [1.165, 1.54) is 4.90 Å². The SMILES string of the molecule is COC(C)(C)CC(=O)N1C(C(=O)O)CSC1C(C)C. The van der Waals surface area contributed by atoms with E-state index in [0.29, 0.717) is 5.75 Å². The van der Waals surface area contributed by atoms with Crippen molar-refractivity contribution in [3.8, 4) is 0 Å². The monoisotopic (exact) mass is 289 g/mol. The normalized spacial score (nSPS) is 24.0. The summed E-state index contributed by atoms with van der Waals surface area (Å²) in [7, 11) is 1.56. The van der Waals surface area contributed by atoms with Crippen LogP contribution in [0.25, 0.3) is 0 Å². The second kappa shape index (κ2) is 6.13. The molecule has 0 aromatic carbocycles. The van der Waals surface area contributed by atoms with Gasteiger partial charge in [-0.1, -0.05) is 13.8 Å². The van der Waals surface area contributed by atoms with Gasteiger partial charge in [0.15, 0.2) is 0 Å². The Hall–Kier alpha value is -0.750. The van der Waals surface area contributed by atoms with E-state index in [4.69, 9.17) is 4.74 Å². The van der Waals surface area contributed by atoms with Gasteiger partial charge < -0.3 is 14.7 Å². The van der Waals surface area contributed by atoms with Crippen molar-refractivity contribution >= 4 is 23.6 Å². The summed E-state index contributed by atoms with van der Waals surface area (Å²) in [6.07, 6.45) is 0.192. The van der Waals surface area contributed by atoms with Crippen LogP contribution in [0.5, 0.6) is 0 Å². The highest BCUT2D eigenvalue weighted by molar-refractivity contribution is 8.00. The maximum atomic E-state index is 12.4. The maximum absolute atomic E-state index is 12.4. The number of carboxylic acids is 1. The summed E-state index contributed by atoms with van der Waals surface area (Å²) in [5.41, 5.74) is -0.574. The molecule has 19 heavy (non-hydrogen) atoms. The fourth-order valence-electron chi connectivity index (χ4n) is 2.07. The average Bonchev–Trinajstić information content (AvgIpc) is 2.73. The van der Waals surface area contributed by atoms with Gasteiger partial charge in [0.1, 0.15) is 6.04 Å². The molecule has 5 nitrogen and oxygen atoms in total. The van der Waals surface area contributed by atoms with E-state index in [1.807, 2.05) is 27.7 Å². The summed E-state index contributed by atoms with van der Waals surface area (Å²) in [6.45, 7) is 7.66. The highest BCUT2D eigenvalue weighted by Crippen LogP contribution is 2.35. The molecule has 0 spiro atoms. The summed E-state index contributed by atoms with van der Waals surface area (Å²) >= 11 is 1.54. The molecule has 1 saturated heterocycles.